The predicted octanol–water partition coefficient (Wildman–Crippen LogP) is -0.263. The van der Waals surface area contributed by atoms with Crippen molar-refractivity contribution in [3.63, 3.8) is 0 Å². The molecule has 0 aliphatic heterocycles. The van der Waals surface area contributed by atoms with E-state index in [1.54, 1.807) is 0 Å². The largest absolute Gasteiger partial charge is 2.00 e. The third-order valence-corrected chi connectivity index (χ3v) is 0. The standard InChI is InChI=1S/Ba.Ca.FH2O3P.4H/c;;1-5(2,3)4;;;;/h;;(H2,2,3,4);;;;/q2*+2;;4*-1. The minimum Gasteiger partial charge on any atom is -1.00 e. The third-order valence-electron chi connectivity index (χ3n) is 0. The van der Waals surface area contributed by atoms with Gasteiger partial charge in [0.2, 0.25) is 0 Å². The minimum absolute atomic E-state index is 0. The summed E-state index contributed by atoms with van der Waals surface area (Å²) in [6.07, 6.45) is 0. The first kappa shape index (κ1) is 16.5. The molecule has 0 spiro atoms. The summed E-state index contributed by atoms with van der Waals surface area (Å²) >= 11 is 0. The van der Waals surface area contributed by atoms with Crippen molar-refractivity contribution >= 4 is 94.5 Å². The molecule has 40 valence electrons. The van der Waals surface area contributed by atoms with Gasteiger partial charge in [0, 0.05) is 0 Å². The minimum atomic E-state index is -5.14. The maximum atomic E-state index is 10.4. The van der Waals surface area contributed by atoms with E-state index in [1.807, 2.05) is 0 Å². The molecule has 0 amide bonds. The van der Waals surface area contributed by atoms with Crippen molar-refractivity contribution < 1.29 is 24.3 Å². The molecule has 0 aromatic heterocycles. The molecule has 0 aliphatic carbocycles. The number of hydrogen-bond donors (Lipinski definition) is 2. The van der Waals surface area contributed by atoms with Crippen LogP contribution >= 0.6 is 7.91 Å². The van der Waals surface area contributed by atoms with Gasteiger partial charge >= 0.3 is 94.5 Å². The Morgan fingerprint density at radius 3 is 1.57 bits per heavy atom. The molecule has 0 saturated heterocycles. The van der Waals surface area contributed by atoms with Crippen LogP contribution in [-0.2, 0) is 4.57 Å². The van der Waals surface area contributed by atoms with Crippen molar-refractivity contribution in [1.82, 2.24) is 0 Å². The van der Waals surface area contributed by atoms with Crippen molar-refractivity contribution in [1.29, 1.82) is 0 Å². The van der Waals surface area contributed by atoms with Crippen LogP contribution in [0.1, 0.15) is 5.71 Å². The molecule has 0 radical (unpaired) electrons. The summed E-state index contributed by atoms with van der Waals surface area (Å²) in [5.41, 5.74) is 0. The van der Waals surface area contributed by atoms with E-state index in [2.05, 4.69) is 0 Å². The van der Waals surface area contributed by atoms with Crippen LogP contribution in [0.2, 0.25) is 0 Å². The Morgan fingerprint density at radius 1 is 1.57 bits per heavy atom. The molecule has 0 unspecified atom stereocenters. The quantitative estimate of drug-likeness (QED) is 0.475. The summed E-state index contributed by atoms with van der Waals surface area (Å²) in [7, 11) is -5.14. The summed E-state index contributed by atoms with van der Waals surface area (Å²) < 4.78 is 19.0. The maximum Gasteiger partial charge on any atom is 2.00 e. The van der Waals surface area contributed by atoms with E-state index >= 15 is 0 Å². The first-order valence-electron chi connectivity index (χ1n) is 0.752. The van der Waals surface area contributed by atoms with Gasteiger partial charge in [-0.3, -0.25) is 9.79 Å². The van der Waals surface area contributed by atoms with E-state index in [-0.39, 0.29) is 92.3 Å². The van der Waals surface area contributed by atoms with Crippen LogP contribution in [0.15, 0.2) is 0 Å². The van der Waals surface area contributed by atoms with Gasteiger partial charge in [-0.2, -0.15) is 0 Å². The fourth-order valence-corrected chi connectivity index (χ4v) is 0. The number of hydrogen-bond acceptors (Lipinski definition) is 1. The molecule has 0 bridgehead atoms. The first-order chi connectivity index (χ1) is 2.00. The average Bonchev–Trinajstić information content (AvgIpc) is 0.722. The molecule has 2 N–H and O–H groups in total. The fourth-order valence-electron chi connectivity index (χ4n) is 0. The Morgan fingerprint density at radius 2 is 1.57 bits per heavy atom. The first-order valence-corrected chi connectivity index (χ1v) is 2.25. The topological polar surface area (TPSA) is 57.5 Å². The van der Waals surface area contributed by atoms with Crippen molar-refractivity contribution in [2.45, 2.75) is 0 Å². The molecule has 0 aliphatic rings. The summed E-state index contributed by atoms with van der Waals surface area (Å²) in [5, 5.41) is 0. The van der Waals surface area contributed by atoms with Crippen LogP contribution in [0, 0.1) is 0 Å². The molecule has 0 aromatic rings. The number of halogens is 1. The molecule has 0 fully saturated rings. The van der Waals surface area contributed by atoms with E-state index in [1.165, 1.54) is 0 Å². The monoisotopic (exact) mass is 282 g/mol. The Labute approximate surface area is 116 Å². The normalized spacial score (nSPS) is 8.43. The van der Waals surface area contributed by atoms with Gasteiger partial charge in [-0.25, -0.2) is 4.57 Å². The van der Waals surface area contributed by atoms with Gasteiger partial charge in [0.15, 0.2) is 0 Å². The second-order valence-electron chi connectivity index (χ2n) is 0.473. The van der Waals surface area contributed by atoms with Gasteiger partial charge in [0.25, 0.3) is 0 Å². The van der Waals surface area contributed by atoms with Crippen LogP contribution in [0.4, 0.5) is 4.20 Å². The zero-order valence-electron chi connectivity index (χ0n) is 7.54. The van der Waals surface area contributed by atoms with Crippen molar-refractivity contribution in [2.75, 3.05) is 0 Å². The molecule has 0 rings (SSSR count). The SMILES string of the molecule is O=P(O)(O)F.[Ba+2].[Ca+2].[H-].[H-].[H-].[H-]. The van der Waals surface area contributed by atoms with Crippen LogP contribution in [-0.4, -0.2) is 96.4 Å². The predicted molar refractivity (Wildman–Crippen MR) is 29.1 cm³/mol. The molecule has 3 nitrogen and oxygen atoms in total. The molecule has 0 saturated carbocycles. The molecular weight excluding hydrogens is 275 g/mol. The van der Waals surface area contributed by atoms with Crippen LogP contribution in [0.25, 0.3) is 0 Å². The molecule has 0 atom stereocenters. The van der Waals surface area contributed by atoms with E-state index in [4.69, 9.17) is 14.4 Å². The van der Waals surface area contributed by atoms with Crippen molar-refractivity contribution in [3.05, 3.63) is 0 Å². The second-order valence-corrected chi connectivity index (χ2v) is 1.42. The molecule has 0 heterocycles. The molecule has 7 heavy (non-hydrogen) atoms. The van der Waals surface area contributed by atoms with Gasteiger partial charge in [0.1, 0.15) is 0 Å². The zero-order valence-corrected chi connectivity index (χ0v) is 11.1. The molecule has 0 aromatic carbocycles. The second kappa shape index (κ2) is 7.02. The van der Waals surface area contributed by atoms with Crippen molar-refractivity contribution in [2.24, 2.45) is 0 Å². The molecule has 7 heteroatoms. The summed E-state index contributed by atoms with van der Waals surface area (Å²) in [6, 6.07) is 0. The van der Waals surface area contributed by atoms with Crippen LogP contribution in [0.3, 0.4) is 0 Å². The maximum absolute atomic E-state index is 10.4. The van der Waals surface area contributed by atoms with Gasteiger partial charge in [-0.15, -0.1) is 4.20 Å². The van der Waals surface area contributed by atoms with E-state index in [0.29, 0.717) is 0 Å². The van der Waals surface area contributed by atoms with Crippen LogP contribution in [0.5, 0.6) is 0 Å². The summed E-state index contributed by atoms with van der Waals surface area (Å²) in [5.74, 6) is 0. The van der Waals surface area contributed by atoms with E-state index < -0.39 is 7.91 Å². The summed E-state index contributed by atoms with van der Waals surface area (Å²) in [4.78, 5) is 13.9. The van der Waals surface area contributed by atoms with Gasteiger partial charge in [-0.1, -0.05) is 0 Å². The third kappa shape index (κ3) is 50.2. The smallest absolute Gasteiger partial charge is 1.00 e. The Bertz CT molecular complexity index is 71.5. The number of rotatable bonds is 0. The zero-order chi connectivity index (χ0) is 4.50. The van der Waals surface area contributed by atoms with Gasteiger partial charge in [-0.05, 0) is 0 Å². The Kier molecular flexibility index (Phi) is 16.5. The van der Waals surface area contributed by atoms with Crippen LogP contribution < -0.4 is 0 Å². The van der Waals surface area contributed by atoms with Gasteiger partial charge < -0.3 is 5.71 Å². The van der Waals surface area contributed by atoms with E-state index in [0.717, 1.165) is 0 Å². The Hall–Kier alpha value is 2.91. The average molecular weight is 281 g/mol. The van der Waals surface area contributed by atoms with Gasteiger partial charge in [0.05, 0.1) is 0 Å². The Balaban J connectivity index is -0.00000000533. The van der Waals surface area contributed by atoms with Crippen molar-refractivity contribution in [3.8, 4) is 0 Å². The van der Waals surface area contributed by atoms with E-state index in [9.17, 15) is 4.20 Å². The fraction of sp³-hybridized carbons (Fsp3) is 0. The molecular formula is H6BaCaFO3P. The summed E-state index contributed by atoms with van der Waals surface area (Å²) in [6.45, 7) is 0.